The molecule has 0 N–H and O–H groups in total. The van der Waals surface area contributed by atoms with Gasteiger partial charge in [-0.25, -0.2) is 0 Å². The van der Waals surface area contributed by atoms with E-state index in [1.165, 1.54) is 5.56 Å². The average Bonchev–Trinajstić information content (AvgIpc) is 3.01. The molecule has 1 aliphatic heterocycles. The van der Waals surface area contributed by atoms with Crippen LogP contribution in [0.4, 0.5) is 0 Å². The Kier molecular flexibility index (Phi) is 4.06. The van der Waals surface area contributed by atoms with Gasteiger partial charge in [0.2, 0.25) is 11.8 Å². The van der Waals surface area contributed by atoms with Crippen LogP contribution in [0, 0.1) is 6.92 Å². The minimum atomic E-state index is 0.139. The van der Waals surface area contributed by atoms with Crippen LogP contribution in [0.1, 0.15) is 23.2 Å². The molecule has 5 nitrogen and oxygen atoms in total. The summed E-state index contributed by atoms with van der Waals surface area (Å²) < 4.78 is 5.17. The lowest BCUT2D eigenvalue weighted by atomic mass is 9.98. The van der Waals surface area contributed by atoms with Crippen molar-refractivity contribution in [3.05, 3.63) is 71.9 Å². The van der Waals surface area contributed by atoms with Crippen molar-refractivity contribution in [1.29, 1.82) is 0 Å². The van der Waals surface area contributed by atoms with Crippen molar-refractivity contribution in [3.8, 4) is 11.1 Å². The predicted molar refractivity (Wildman–Crippen MR) is 93.9 cm³/mol. The summed E-state index contributed by atoms with van der Waals surface area (Å²) in [5.74, 6) is 1.58. The van der Waals surface area contributed by atoms with Gasteiger partial charge in [-0.2, -0.15) is 4.98 Å². The van der Waals surface area contributed by atoms with Gasteiger partial charge in [0.1, 0.15) is 0 Å². The van der Waals surface area contributed by atoms with Gasteiger partial charge in [-0.05, 0) is 23.6 Å². The minimum absolute atomic E-state index is 0.139. The second-order valence-corrected chi connectivity index (χ2v) is 6.42. The number of likely N-dealkylation sites (tertiary alicyclic amines) is 1. The lowest BCUT2D eigenvalue weighted by molar-refractivity contribution is -0.135. The summed E-state index contributed by atoms with van der Waals surface area (Å²) in [5.41, 5.74) is 3.37. The second kappa shape index (κ2) is 6.51. The Bertz CT molecular complexity index is 865. The van der Waals surface area contributed by atoms with Crippen molar-refractivity contribution < 1.29 is 9.32 Å². The minimum Gasteiger partial charge on any atom is -0.341 e. The summed E-state index contributed by atoms with van der Waals surface area (Å²) in [6, 6.07) is 18.4. The number of rotatable bonds is 4. The van der Waals surface area contributed by atoms with Gasteiger partial charge in [-0.1, -0.05) is 59.8 Å². The molecule has 1 aromatic heterocycles. The zero-order valence-corrected chi connectivity index (χ0v) is 14.1. The highest BCUT2D eigenvalue weighted by Gasteiger charge is 2.35. The van der Waals surface area contributed by atoms with Crippen molar-refractivity contribution in [2.45, 2.75) is 19.3 Å². The molecule has 3 aromatic rings. The van der Waals surface area contributed by atoms with Gasteiger partial charge in [0.15, 0.2) is 5.82 Å². The zero-order chi connectivity index (χ0) is 17.2. The molecule has 0 bridgehead atoms. The maximum Gasteiger partial charge on any atom is 0.233 e. The zero-order valence-electron chi connectivity index (χ0n) is 14.1. The van der Waals surface area contributed by atoms with Gasteiger partial charge in [-0.15, -0.1) is 0 Å². The normalized spacial score (nSPS) is 14.4. The van der Waals surface area contributed by atoms with Crippen molar-refractivity contribution in [2.75, 3.05) is 13.1 Å². The van der Waals surface area contributed by atoms with Crippen LogP contribution in [0.15, 0.2) is 59.1 Å². The second-order valence-electron chi connectivity index (χ2n) is 6.42. The summed E-state index contributed by atoms with van der Waals surface area (Å²) in [6.07, 6.45) is 0.421. The number of aromatic nitrogens is 2. The Balaban J connectivity index is 1.34. The summed E-state index contributed by atoms with van der Waals surface area (Å²) in [5, 5.41) is 3.80. The molecule has 2 heterocycles. The van der Waals surface area contributed by atoms with Gasteiger partial charge in [0.05, 0.1) is 12.3 Å². The molecule has 0 atom stereocenters. The quantitative estimate of drug-likeness (QED) is 0.735. The molecule has 1 amide bonds. The fourth-order valence-corrected chi connectivity index (χ4v) is 3.05. The lowest BCUT2D eigenvalue weighted by Crippen LogP contribution is -2.49. The van der Waals surface area contributed by atoms with E-state index in [9.17, 15) is 4.79 Å². The largest absolute Gasteiger partial charge is 0.341 e. The molecule has 0 saturated carbocycles. The Morgan fingerprint density at radius 1 is 1.08 bits per heavy atom. The molecule has 4 rings (SSSR count). The van der Waals surface area contributed by atoms with Gasteiger partial charge in [0, 0.05) is 13.1 Å². The highest BCUT2D eigenvalue weighted by molar-refractivity contribution is 5.80. The predicted octanol–water partition coefficient (Wildman–Crippen LogP) is 3.21. The van der Waals surface area contributed by atoms with E-state index < -0.39 is 0 Å². The summed E-state index contributed by atoms with van der Waals surface area (Å²) in [4.78, 5) is 18.5. The van der Waals surface area contributed by atoms with Crippen LogP contribution in [-0.2, 0) is 11.2 Å². The van der Waals surface area contributed by atoms with E-state index in [0.29, 0.717) is 31.2 Å². The summed E-state index contributed by atoms with van der Waals surface area (Å²) in [7, 11) is 0. The van der Waals surface area contributed by atoms with Crippen molar-refractivity contribution in [2.24, 2.45) is 0 Å². The molecule has 126 valence electrons. The molecule has 1 fully saturated rings. The monoisotopic (exact) mass is 333 g/mol. The van der Waals surface area contributed by atoms with Crippen LogP contribution in [0.5, 0.6) is 0 Å². The number of hydrogen-bond acceptors (Lipinski definition) is 4. The third-order valence-electron chi connectivity index (χ3n) is 4.54. The Morgan fingerprint density at radius 2 is 1.76 bits per heavy atom. The van der Waals surface area contributed by atoms with Crippen molar-refractivity contribution in [3.63, 3.8) is 0 Å². The van der Waals surface area contributed by atoms with Gasteiger partial charge < -0.3 is 9.42 Å². The van der Waals surface area contributed by atoms with Crippen LogP contribution in [0.3, 0.4) is 0 Å². The molecule has 0 radical (unpaired) electrons. The molecule has 1 saturated heterocycles. The van der Waals surface area contributed by atoms with Crippen LogP contribution in [0.2, 0.25) is 0 Å². The van der Waals surface area contributed by atoms with Gasteiger partial charge >= 0.3 is 0 Å². The van der Waals surface area contributed by atoms with Gasteiger partial charge in [0.25, 0.3) is 0 Å². The molecular weight excluding hydrogens is 314 g/mol. The molecule has 0 aliphatic carbocycles. The van der Waals surface area contributed by atoms with E-state index >= 15 is 0 Å². The Labute approximate surface area is 146 Å². The first-order chi connectivity index (χ1) is 12.2. The number of hydrogen-bond donors (Lipinski definition) is 0. The van der Waals surface area contributed by atoms with E-state index in [0.717, 1.165) is 11.1 Å². The number of carbonyl (C=O) groups excluding carboxylic acids is 1. The number of nitrogens with zero attached hydrogens (tertiary/aromatic N) is 3. The Hall–Kier alpha value is -2.95. The van der Waals surface area contributed by atoms with E-state index in [-0.39, 0.29) is 11.8 Å². The maximum atomic E-state index is 12.4. The summed E-state index contributed by atoms with van der Waals surface area (Å²) in [6.45, 7) is 3.11. The SMILES string of the molecule is Cc1noc(C2CN(C(=O)Cc3ccc(-c4ccccc4)cc3)C2)n1. The third-order valence-corrected chi connectivity index (χ3v) is 4.54. The third kappa shape index (κ3) is 3.31. The Morgan fingerprint density at radius 3 is 2.40 bits per heavy atom. The molecule has 0 unspecified atom stereocenters. The fraction of sp³-hybridized carbons (Fsp3) is 0.250. The van der Waals surface area contributed by atoms with Gasteiger partial charge in [-0.3, -0.25) is 4.79 Å². The number of amides is 1. The standard InChI is InChI=1S/C20H19N3O2/c1-14-21-20(25-22-14)18-12-23(13-18)19(24)11-15-7-9-17(10-8-15)16-5-3-2-4-6-16/h2-10,18H,11-13H2,1H3. The first-order valence-corrected chi connectivity index (χ1v) is 8.41. The average molecular weight is 333 g/mol. The number of benzene rings is 2. The topological polar surface area (TPSA) is 59.2 Å². The highest BCUT2D eigenvalue weighted by Crippen LogP contribution is 2.26. The molecule has 5 heteroatoms. The fourth-order valence-electron chi connectivity index (χ4n) is 3.05. The van der Waals surface area contributed by atoms with E-state index in [2.05, 4.69) is 34.4 Å². The van der Waals surface area contributed by atoms with Crippen LogP contribution in [-0.4, -0.2) is 34.0 Å². The molecule has 0 spiro atoms. The molecular formula is C20H19N3O2. The molecule has 25 heavy (non-hydrogen) atoms. The first-order valence-electron chi connectivity index (χ1n) is 8.41. The van der Waals surface area contributed by atoms with E-state index in [1.54, 1.807) is 6.92 Å². The smallest absolute Gasteiger partial charge is 0.233 e. The highest BCUT2D eigenvalue weighted by atomic mass is 16.5. The van der Waals surface area contributed by atoms with Crippen LogP contribution >= 0.6 is 0 Å². The maximum absolute atomic E-state index is 12.4. The van der Waals surface area contributed by atoms with E-state index in [1.807, 2.05) is 35.2 Å². The molecule has 1 aliphatic rings. The summed E-state index contributed by atoms with van der Waals surface area (Å²) >= 11 is 0. The lowest BCUT2D eigenvalue weighted by Gasteiger charge is -2.37. The van der Waals surface area contributed by atoms with Crippen LogP contribution < -0.4 is 0 Å². The van der Waals surface area contributed by atoms with E-state index in [4.69, 9.17) is 4.52 Å². The molecule has 2 aromatic carbocycles. The van der Waals surface area contributed by atoms with Crippen molar-refractivity contribution >= 4 is 5.91 Å². The van der Waals surface area contributed by atoms with Crippen LogP contribution in [0.25, 0.3) is 11.1 Å². The van der Waals surface area contributed by atoms with Crippen molar-refractivity contribution in [1.82, 2.24) is 15.0 Å². The number of aryl methyl sites for hydroxylation is 1. The first kappa shape index (κ1) is 15.6. The number of carbonyl (C=O) groups is 1.